The van der Waals surface area contributed by atoms with Gasteiger partial charge in [0.2, 0.25) is 5.91 Å². The van der Waals surface area contributed by atoms with E-state index in [0.29, 0.717) is 32.9 Å². The van der Waals surface area contributed by atoms with E-state index in [9.17, 15) is 22.8 Å². The van der Waals surface area contributed by atoms with Crippen LogP contribution in [0.25, 0.3) is 16.6 Å². The molecule has 0 spiro atoms. The van der Waals surface area contributed by atoms with Crippen molar-refractivity contribution in [3.8, 4) is 5.69 Å². The second-order valence-electron chi connectivity index (χ2n) is 9.99. The van der Waals surface area contributed by atoms with Gasteiger partial charge in [-0.15, -0.1) is 0 Å². The molecule has 0 saturated heterocycles. The molecule has 0 bridgehead atoms. The Balaban J connectivity index is 1.67. The summed E-state index contributed by atoms with van der Waals surface area (Å²) in [4.78, 5) is 25.4. The van der Waals surface area contributed by atoms with Crippen LogP contribution in [-0.2, 0) is 17.5 Å². The molecule has 1 aromatic heterocycles. The lowest BCUT2D eigenvalue weighted by Crippen LogP contribution is -2.34. The van der Waals surface area contributed by atoms with Crippen LogP contribution in [0.3, 0.4) is 0 Å². The van der Waals surface area contributed by atoms with Crippen LogP contribution in [-0.4, -0.2) is 21.6 Å². The van der Waals surface area contributed by atoms with E-state index in [1.807, 2.05) is 19.1 Å². The van der Waals surface area contributed by atoms with Crippen molar-refractivity contribution < 1.29 is 22.8 Å². The molecular weight excluding hydrogens is 517 g/mol. The van der Waals surface area contributed by atoms with Crippen LogP contribution in [0.5, 0.6) is 0 Å². The molecule has 4 rings (SSSR count). The minimum absolute atomic E-state index is 0.0179. The van der Waals surface area contributed by atoms with E-state index in [2.05, 4.69) is 15.7 Å². The van der Waals surface area contributed by atoms with Gasteiger partial charge in [0.25, 0.3) is 5.91 Å². The normalized spacial score (nSPS) is 12.0. The number of carbonyl (C=O) groups is 2. The first-order chi connectivity index (χ1) is 17.8. The summed E-state index contributed by atoms with van der Waals surface area (Å²) in [7, 11) is 0. The van der Waals surface area contributed by atoms with E-state index in [1.54, 1.807) is 49.7 Å². The van der Waals surface area contributed by atoms with Crippen molar-refractivity contribution in [3.05, 3.63) is 88.1 Å². The van der Waals surface area contributed by atoms with Crippen molar-refractivity contribution in [1.82, 2.24) is 15.1 Å². The second kappa shape index (κ2) is 10.1. The Morgan fingerprint density at radius 3 is 2.42 bits per heavy atom. The number of aromatic nitrogens is 2. The van der Waals surface area contributed by atoms with Gasteiger partial charge in [0.1, 0.15) is 0 Å². The summed E-state index contributed by atoms with van der Waals surface area (Å²) in [5.74, 6) is -1.19. The average Bonchev–Trinajstić information content (AvgIpc) is 3.28. The molecule has 4 aromatic rings. The van der Waals surface area contributed by atoms with Crippen LogP contribution in [0, 0.1) is 12.3 Å². The standard InChI is InChI=1S/C28H26ClF3N4O2/c1-16-8-10-18(13-22(16)29)36-24-7-5-6-23(20(24)15-34-36)35-25(37)19-12-17(9-11-21(19)28(30,31)32)14-33-26(38)27(2,3)4/h5-13,15H,14H2,1-4H3,(H,33,38)(H,35,37). The monoisotopic (exact) mass is 542 g/mol. The Labute approximate surface area is 222 Å². The molecule has 0 unspecified atom stereocenters. The van der Waals surface area contributed by atoms with Crippen molar-refractivity contribution in [3.63, 3.8) is 0 Å². The number of carbonyl (C=O) groups excluding carboxylic acids is 2. The Kier molecular flexibility index (Phi) is 7.25. The zero-order chi connectivity index (χ0) is 27.8. The molecule has 6 nitrogen and oxygen atoms in total. The first kappa shape index (κ1) is 27.2. The average molecular weight is 543 g/mol. The smallest absolute Gasteiger partial charge is 0.352 e. The van der Waals surface area contributed by atoms with Gasteiger partial charge in [-0.2, -0.15) is 18.3 Å². The Bertz CT molecular complexity index is 1540. The molecule has 0 aliphatic carbocycles. The lowest BCUT2D eigenvalue weighted by molar-refractivity contribution is -0.138. The van der Waals surface area contributed by atoms with E-state index in [4.69, 9.17) is 11.6 Å². The van der Waals surface area contributed by atoms with Gasteiger partial charge in [0, 0.05) is 22.4 Å². The van der Waals surface area contributed by atoms with Crippen LogP contribution in [0.15, 0.2) is 60.8 Å². The van der Waals surface area contributed by atoms with Gasteiger partial charge in [-0.05, 0) is 54.4 Å². The summed E-state index contributed by atoms with van der Waals surface area (Å²) in [6, 6.07) is 13.8. The van der Waals surface area contributed by atoms with Crippen LogP contribution in [0.1, 0.15) is 47.8 Å². The zero-order valence-corrected chi connectivity index (χ0v) is 22.0. The fourth-order valence-electron chi connectivity index (χ4n) is 3.85. The number of benzene rings is 3. The highest BCUT2D eigenvalue weighted by atomic mass is 35.5. The molecule has 0 aliphatic heterocycles. The summed E-state index contributed by atoms with van der Waals surface area (Å²) >= 11 is 6.26. The number of fused-ring (bicyclic) bond motifs is 1. The lowest BCUT2D eigenvalue weighted by atomic mass is 9.95. The Hall–Kier alpha value is -3.85. The number of hydrogen-bond acceptors (Lipinski definition) is 3. The molecule has 0 atom stereocenters. The molecule has 1 heterocycles. The van der Waals surface area contributed by atoms with Gasteiger partial charge in [-0.25, -0.2) is 4.68 Å². The van der Waals surface area contributed by atoms with E-state index in [1.165, 1.54) is 12.3 Å². The summed E-state index contributed by atoms with van der Waals surface area (Å²) in [5.41, 5.74) is 0.618. The van der Waals surface area contributed by atoms with Crippen LogP contribution >= 0.6 is 11.6 Å². The van der Waals surface area contributed by atoms with Gasteiger partial charge in [-0.1, -0.05) is 50.6 Å². The third-order valence-corrected chi connectivity index (χ3v) is 6.44. The number of halogens is 4. The first-order valence-corrected chi connectivity index (χ1v) is 12.2. The number of anilines is 1. The third kappa shape index (κ3) is 5.67. The minimum Gasteiger partial charge on any atom is -0.352 e. The zero-order valence-electron chi connectivity index (χ0n) is 21.2. The second-order valence-corrected chi connectivity index (χ2v) is 10.4. The number of nitrogens with one attached hydrogen (secondary N) is 2. The Morgan fingerprint density at radius 1 is 1.03 bits per heavy atom. The number of aryl methyl sites for hydroxylation is 1. The molecule has 3 aromatic carbocycles. The van der Waals surface area contributed by atoms with Gasteiger partial charge in [-0.3, -0.25) is 9.59 Å². The fourth-order valence-corrected chi connectivity index (χ4v) is 4.03. The molecular formula is C28H26ClF3N4O2. The van der Waals surface area contributed by atoms with E-state index in [0.717, 1.165) is 17.7 Å². The van der Waals surface area contributed by atoms with Crippen molar-refractivity contribution >= 4 is 40.0 Å². The van der Waals surface area contributed by atoms with Crippen molar-refractivity contribution in [2.75, 3.05) is 5.32 Å². The maximum atomic E-state index is 13.8. The van der Waals surface area contributed by atoms with Gasteiger partial charge >= 0.3 is 6.18 Å². The SMILES string of the molecule is Cc1ccc(-n2ncc3c(NC(=O)c4cc(CNC(=O)C(C)(C)C)ccc4C(F)(F)F)cccc32)cc1Cl. The minimum atomic E-state index is -4.75. The highest BCUT2D eigenvalue weighted by molar-refractivity contribution is 6.31. The van der Waals surface area contributed by atoms with Crippen LogP contribution in [0.4, 0.5) is 18.9 Å². The maximum absolute atomic E-state index is 13.8. The van der Waals surface area contributed by atoms with Gasteiger partial charge < -0.3 is 10.6 Å². The molecule has 0 fully saturated rings. The highest BCUT2D eigenvalue weighted by Crippen LogP contribution is 2.34. The van der Waals surface area contributed by atoms with E-state index >= 15 is 0 Å². The first-order valence-electron chi connectivity index (χ1n) is 11.8. The number of nitrogens with zero attached hydrogens (tertiary/aromatic N) is 2. The third-order valence-electron chi connectivity index (χ3n) is 6.03. The predicted octanol–water partition coefficient (Wildman–Crippen LogP) is 6.92. The molecule has 0 saturated carbocycles. The predicted molar refractivity (Wildman–Crippen MR) is 142 cm³/mol. The van der Waals surface area contributed by atoms with Crippen molar-refractivity contribution in [2.45, 2.75) is 40.4 Å². The topological polar surface area (TPSA) is 76.0 Å². The number of alkyl halides is 3. The maximum Gasteiger partial charge on any atom is 0.417 e. The lowest BCUT2D eigenvalue weighted by Gasteiger charge is -2.19. The van der Waals surface area contributed by atoms with Gasteiger partial charge in [0.05, 0.1) is 34.2 Å². The quantitative estimate of drug-likeness (QED) is 0.287. The fraction of sp³-hybridized carbons (Fsp3) is 0.250. The summed E-state index contributed by atoms with van der Waals surface area (Å²) in [6.45, 7) is 7.04. The number of hydrogen-bond donors (Lipinski definition) is 2. The number of amides is 2. The van der Waals surface area contributed by atoms with E-state index in [-0.39, 0.29) is 12.5 Å². The van der Waals surface area contributed by atoms with Gasteiger partial charge in [0.15, 0.2) is 0 Å². The van der Waals surface area contributed by atoms with Crippen LogP contribution < -0.4 is 10.6 Å². The molecule has 10 heteroatoms. The molecule has 2 amide bonds. The summed E-state index contributed by atoms with van der Waals surface area (Å²) in [5, 5.41) is 10.8. The summed E-state index contributed by atoms with van der Waals surface area (Å²) in [6.07, 6.45) is -3.22. The van der Waals surface area contributed by atoms with E-state index < -0.39 is 28.6 Å². The van der Waals surface area contributed by atoms with Crippen molar-refractivity contribution in [2.24, 2.45) is 5.41 Å². The molecule has 38 heavy (non-hydrogen) atoms. The molecule has 0 radical (unpaired) electrons. The highest BCUT2D eigenvalue weighted by Gasteiger charge is 2.35. The molecule has 198 valence electrons. The Morgan fingerprint density at radius 2 is 1.76 bits per heavy atom. The largest absolute Gasteiger partial charge is 0.417 e. The number of rotatable bonds is 5. The van der Waals surface area contributed by atoms with Crippen molar-refractivity contribution in [1.29, 1.82) is 0 Å². The molecule has 0 aliphatic rings. The van der Waals surface area contributed by atoms with Crippen LogP contribution in [0.2, 0.25) is 5.02 Å². The molecule has 2 N–H and O–H groups in total. The summed E-state index contributed by atoms with van der Waals surface area (Å²) < 4.78 is 43.0.